The number of hydrogen-bond donors (Lipinski definition) is 3. The third-order valence-corrected chi connectivity index (χ3v) is 2.40. The summed E-state index contributed by atoms with van der Waals surface area (Å²) in [4.78, 5) is 34.9. The van der Waals surface area contributed by atoms with Gasteiger partial charge in [0.2, 0.25) is 11.8 Å². The summed E-state index contributed by atoms with van der Waals surface area (Å²) in [5.41, 5.74) is 5.63. The number of nitrogens with one attached hydrogen (secondary N) is 1. The summed E-state index contributed by atoms with van der Waals surface area (Å²) in [6, 6.07) is -0.877. The first-order valence-electron chi connectivity index (χ1n) is 5.89. The molecule has 0 aromatic carbocycles. The molecule has 0 aromatic rings. The third-order valence-electron chi connectivity index (χ3n) is 2.40. The van der Waals surface area contributed by atoms with Crippen LogP contribution in [0.4, 0.5) is 0 Å². The van der Waals surface area contributed by atoms with Crippen LogP contribution in [0.3, 0.4) is 0 Å². The smallest absolute Gasteiger partial charge is 0.303 e. The van der Waals surface area contributed by atoms with E-state index in [2.05, 4.69) is 5.32 Å². The average molecular weight is 259 g/mol. The largest absolute Gasteiger partial charge is 0.481 e. The van der Waals surface area contributed by atoms with Crippen molar-refractivity contribution in [2.75, 3.05) is 20.1 Å². The molecule has 7 nitrogen and oxygen atoms in total. The number of carbonyl (C=O) groups is 3. The molecular formula is C11H21N3O4. The highest BCUT2D eigenvalue weighted by atomic mass is 16.4. The van der Waals surface area contributed by atoms with Gasteiger partial charge in [0.05, 0.1) is 12.6 Å². The number of carboxylic acid groups (broad SMARTS) is 1. The van der Waals surface area contributed by atoms with Gasteiger partial charge in [-0.25, -0.2) is 0 Å². The number of carboxylic acids is 1. The Morgan fingerprint density at radius 2 is 2.00 bits per heavy atom. The van der Waals surface area contributed by atoms with Crippen LogP contribution in [0.1, 0.15) is 26.2 Å². The van der Waals surface area contributed by atoms with Crippen LogP contribution >= 0.6 is 0 Å². The highest BCUT2D eigenvalue weighted by molar-refractivity contribution is 5.87. The monoisotopic (exact) mass is 259 g/mol. The standard InChI is InChI=1S/C11H21N3O4/c1-3-6-14(7-9(15)13-2)11(18)8(12)4-5-10(16)17/h8H,3-7,12H2,1-2H3,(H,13,15)(H,16,17). The maximum atomic E-state index is 11.9. The molecule has 104 valence electrons. The van der Waals surface area contributed by atoms with Crippen LogP contribution in [0.15, 0.2) is 0 Å². The Balaban J connectivity index is 4.44. The molecule has 0 bridgehead atoms. The molecule has 0 aliphatic carbocycles. The van der Waals surface area contributed by atoms with Crippen molar-refractivity contribution in [2.24, 2.45) is 5.73 Å². The minimum absolute atomic E-state index is 0.0516. The molecule has 0 heterocycles. The molecule has 1 unspecified atom stereocenters. The highest BCUT2D eigenvalue weighted by Crippen LogP contribution is 2.02. The fraction of sp³-hybridized carbons (Fsp3) is 0.727. The lowest BCUT2D eigenvalue weighted by atomic mass is 10.1. The van der Waals surface area contributed by atoms with Crippen molar-refractivity contribution >= 4 is 17.8 Å². The molecule has 0 radical (unpaired) electrons. The molecule has 0 rings (SSSR count). The van der Waals surface area contributed by atoms with Gasteiger partial charge in [0.25, 0.3) is 0 Å². The van der Waals surface area contributed by atoms with E-state index < -0.39 is 12.0 Å². The number of nitrogens with two attached hydrogens (primary N) is 1. The first-order valence-corrected chi connectivity index (χ1v) is 5.89. The number of nitrogens with zero attached hydrogens (tertiary/aromatic N) is 1. The maximum absolute atomic E-state index is 11.9. The first-order chi connectivity index (χ1) is 8.42. The van der Waals surface area contributed by atoms with Gasteiger partial charge in [-0.15, -0.1) is 0 Å². The summed E-state index contributed by atoms with van der Waals surface area (Å²) < 4.78 is 0. The van der Waals surface area contributed by atoms with Gasteiger partial charge < -0.3 is 21.1 Å². The van der Waals surface area contributed by atoms with E-state index in [4.69, 9.17) is 10.8 Å². The molecule has 18 heavy (non-hydrogen) atoms. The number of likely N-dealkylation sites (N-methyl/N-ethyl adjacent to an activating group) is 1. The molecule has 2 amide bonds. The van der Waals surface area contributed by atoms with Crippen molar-refractivity contribution in [3.8, 4) is 0 Å². The minimum Gasteiger partial charge on any atom is -0.481 e. The van der Waals surface area contributed by atoms with E-state index in [0.717, 1.165) is 0 Å². The second-order valence-corrected chi connectivity index (χ2v) is 3.97. The van der Waals surface area contributed by atoms with E-state index in [0.29, 0.717) is 13.0 Å². The fourth-order valence-electron chi connectivity index (χ4n) is 1.43. The summed E-state index contributed by atoms with van der Waals surface area (Å²) >= 11 is 0. The van der Waals surface area contributed by atoms with Gasteiger partial charge >= 0.3 is 5.97 Å². The van der Waals surface area contributed by atoms with Crippen molar-refractivity contribution in [3.05, 3.63) is 0 Å². The molecule has 0 saturated heterocycles. The van der Waals surface area contributed by atoms with Gasteiger partial charge in [-0.3, -0.25) is 14.4 Å². The second-order valence-electron chi connectivity index (χ2n) is 3.97. The Bertz CT molecular complexity index is 307. The van der Waals surface area contributed by atoms with Gasteiger partial charge in [0.1, 0.15) is 0 Å². The number of hydrogen-bond acceptors (Lipinski definition) is 4. The lowest BCUT2D eigenvalue weighted by molar-refractivity contribution is -0.139. The summed E-state index contributed by atoms with van der Waals surface area (Å²) in [6.45, 7) is 2.25. The first kappa shape index (κ1) is 16.4. The minimum atomic E-state index is -0.994. The van der Waals surface area contributed by atoms with Crippen LogP contribution in [-0.4, -0.2) is 54.0 Å². The molecule has 0 saturated carbocycles. The van der Waals surface area contributed by atoms with Crippen LogP contribution in [0, 0.1) is 0 Å². The van der Waals surface area contributed by atoms with E-state index in [9.17, 15) is 14.4 Å². The molecule has 7 heteroatoms. The second kappa shape index (κ2) is 8.46. The predicted molar refractivity (Wildman–Crippen MR) is 65.8 cm³/mol. The zero-order valence-corrected chi connectivity index (χ0v) is 10.8. The molecule has 0 aliphatic heterocycles. The Labute approximate surface area is 106 Å². The zero-order chi connectivity index (χ0) is 14.1. The summed E-state index contributed by atoms with van der Waals surface area (Å²) in [5, 5.41) is 11.0. The molecule has 0 aromatic heterocycles. The number of aliphatic carboxylic acids is 1. The molecule has 0 fully saturated rings. The molecule has 0 aliphatic rings. The van der Waals surface area contributed by atoms with Gasteiger partial charge in [0.15, 0.2) is 0 Å². The van der Waals surface area contributed by atoms with Gasteiger partial charge in [-0.05, 0) is 12.8 Å². The van der Waals surface area contributed by atoms with Crippen molar-refractivity contribution in [1.82, 2.24) is 10.2 Å². The normalized spacial score (nSPS) is 11.7. The van der Waals surface area contributed by atoms with E-state index in [-0.39, 0.29) is 31.2 Å². The van der Waals surface area contributed by atoms with Gasteiger partial charge in [0, 0.05) is 20.0 Å². The molecular weight excluding hydrogens is 238 g/mol. The van der Waals surface area contributed by atoms with Crippen LogP contribution < -0.4 is 11.1 Å². The Morgan fingerprint density at radius 3 is 2.44 bits per heavy atom. The Kier molecular flexibility index (Phi) is 7.69. The van der Waals surface area contributed by atoms with E-state index in [1.807, 2.05) is 6.92 Å². The van der Waals surface area contributed by atoms with Crippen LogP contribution in [0.2, 0.25) is 0 Å². The summed E-state index contributed by atoms with van der Waals surface area (Å²) in [6.07, 6.45) is 0.614. The Hall–Kier alpha value is -1.63. The molecule has 1 atom stereocenters. The number of carbonyl (C=O) groups excluding carboxylic acids is 2. The third kappa shape index (κ3) is 6.19. The van der Waals surface area contributed by atoms with Gasteiger partial charge in [-0.1, -0.05) is 6.92 Å². The quantitative estimate of drug-likeness (QED) is 0.526. The molecule has 4 N–H and O–H groups in total. The molecule has 0 spiro atoms. The van der Waals surface area contributed by atoms with Gasteiger partial charge in [-0.2, -0.15) is 0 Å². The van der Waals surface area contributed by atoms with Crippen molar-refractivity contribution < 1.29 is 19.5 Å². The van der Waals surface area contributed by atoms with Crippen LogP contribution in [0.25, 0.3) is 0 Å². The zero-order valence-electron chi connectivity index (χ0n) is 10.8. The van der Waals surface area contributed by atoms with Crippen molar-refractivity contribution in [2.45, 2.75) is 32.2 Å². The Morgan fingerprint density at radius 1 is 1.39 bits per heavy atom. The van der Waals surface area contributed by atoms with Crippen LogP contribution in [-0.2, 0) is 14.4 Å². The van der Waals surface area contributed by atoms with Crippen molar-refractivity contribution in [1.29, 1.82) is 0 Å². The predicted octanol–water partition coefficient (Wildman–Crippen LogP) is -0.837. The topological polar surface area (TPSA) is 113 Å². The number of amides is 2. The van der Waals surface area contributed by atoms with E-state index >= 15 is 0 Å². The van der Waals surface area contributed by atoms with Crippen molar-refractivity contribution in [3.63, 3.8) is 0 Å². The maximum Gasteiger partial charge on any atom is 0.303 e. The summed E-state index contributed by atoms with van der Waals surface area (Å²) in [5.74, 6) is -1.66. The SMILES string of the molecule is CCCN(CC(=O)NC)C(=O)C(N)CCC(=O)O. The summed E-state index contributed by atoms with van der Waals surface area (Å²) in [7, 11) is 1.49. The lowest BCUT2D eigenvalue weighted by Gasteiger charge is -2.24. The lowest BCUT2D eigenvalue weighted by Crippen LogP contribution is -2.47. The van der Waals surface area contributed by atoms with E-state index in [1.165, 1.54) is 11.9 Å². The van der Waals surface area contributed by atoms with Crippen LogP contribution in [0.5, 0.6) is 0 Å². The number of rotatable bonds is 8. The van der Waals surface area contributed by atoms with E-state index in [1.54, 1.807) is 0 Å². The average Bonchev–Trinajstić information content (AvgIpc) is 2.34. The fourth-order valence-corrected chi connectivity index (χ4v) is 1.43. The highest BCUT2D eigenvalue weighted by Gasteiger charge is 2.22.